The molecule has 1 aliphatic rings. The van der Waals surface area contributed by atoms with E-state index in [0.29, 0.717) is 29.9 Å². The Bertz CT molecular complexity index is 1040. The molecule has 28 heavy (non-hydrogen) atoms. The monoisotopic (exact) mass is 403 g/mol. The number of anilines is 1. The van der Waals surface area contributed by atoms with Crippen LogP contribution < -0.4 is 5.32 Å². The Morgan fingerprint density at radius 2 is 1.71 bits per heavy atom. The number of nitro benzene ring substituents is 1. The van der Waals surface area contributed by atoms with E-state index < -0.39 is 20.9 Å². The van der Waals surface area contributed by atoms with Crippen LogP contribution in [0.5, 0.6) is 0 Å². The molecule has 3 rings (SSSR count). The molecule has 9 heteroatoms. The zero-order valence-corrected chi connectivity index (χ0v) is 16.5. The van der Waals surface area contributed by atoms with Crippen LogP contribution in [0.4, 0.5) is 11.4 Å². The quantitative estimate of drug-likeness (QED) is 0.609. The third-order valence-corrected chi connectivity index (χ3v) is 6.85. The molecule has 2 aromatic carbocycles. The van der Waals surface area contributed by atoms with Gasteiger partial charge in [-0.25, -0.2) is 8.42 Å². The molecular weight excluding hydrogens is 382 g/mol. The smallest absolute Gasteiger partial charge is 0.271 e. The van der Waals surface area contributed by atoms with Gasteiger partial charge in [-0.3, -0.25) is 14.9 Å². The van der Waals surface area contributed by atoms with Gasteiger partial charge in [0.15, 0.2) is 0 Å². The molecule has 1 saturated heterocycles. The standard InChI is InChI=1S/C19H21N3O5S/c1-13-6-8-16(22(24)25)12-17(13)20-19(23)15-7-5-14(2)18(11-15)28(26,27)21-9-3-4-10-21/h5-8,11-12H,3-4,9-10H2,1-2H3,(H,20,23). The highest BCUT2D eigenvalue weighted by atomic mass is 32.2. The predicted molar refractivity (Wildman–Crippen MR) is 105 cm³/mol. The second-order valence-electron chi connectivity index (χ2n) is 6.80. The van der Waals surface area contributed by atoms with E-state index in [1.165, 1.54) is 22.5 Å². The van der Waals surface area contributed by atoms with Gasteiger partial charge in [0.05, 0.1) is 15.5 Å². The van der Waals surface area contributed by atoms with Crippen LogP contribution in [0.2, 0.25) is 0 Å². The second-order valence-corrected chi connectivity index (χ2v) is 8.71. The lowest BCUT2D eigenvalue weighted by Gasteiger charge is -2.18. The Labute approximate surface area is 163 Å². The second kappa shape index (κ2) is 7.69. The average molecular weight is 403 g/mol. The van der Waals surface area contributed by atoms with Crippen molar-refractivity contribution in [2.45, 2.75) is 31.6 Å². The van der Waals surface area contributed by atoms with Crippen LogP contribution in [0.15, 0.2) is 41.3 Å². The van der Waals surface area contributed by atoms with Crippen LogP contribution in [-0.4, -0.2) is 36.6 Å². The van der Waals surface area contributed by atoms with Gasteiger partial charge in [-0.15, -0.1) is 0 Å². The minimum atomic E-state index is -3.66. The number of nitrogens with zero attached hydrogens (tertiary/aromatic N) is 2. The highest BCUT2D eigenvalue weighted by molar-refractivity contribution is 7.89. The lowest BCUT2D eigenvalue weighted by Crippen LogP contribution is -2.28. The van der Waals surface area contributed by atoms with Crippen molar-refractivity contribution in [2.75, 3.05) is 18.4 Å². The summed E-state index contributed by atoms with van der Waals surface area (Å²) < 4.78 is 27.2. The molecule has 0 unspecified atom stereocenters. The summed E-state index contributed by atoms with van der Waals surface area (Å²) in [6.45, 7) is 4.36. The molecule has 0 spiro atoms. The fourth-order valence-corrected chi connectivity index (χ4v) is 4.91. The Hall–Kier alpha value is -2.78. The Kier molecular flexibility index (Phi) is 5.48. The normalized spacial score (nSPS) is 14.8. The van der Waals surface area contributed by atoms with Crippen molar-refractivity contribution in [1.82, 2.24) is 4.31 Å². The highest BCUT2D eigenvalue weighted by Crippen LogP contribution is 2.26. The number of nitro groups is 1. The zero-order valence-electron chi connectivity index (χ0n) is 15.6. The first-order valence-electron chi connectivity index (χ1n) is 8.87. The van der Waals surface area contributed by atoms with Crippen LogP contribution in [-0.2, 0) is 10.0 Å². The van der Waals surface area contributed by atoms with Crippen molar-refractivity contribution >= 4 is 27.3 Å². The summed E-state index contributed by atoms with van der Waals surface area (Å²) in [5.74, 6) is -0.526. The Morgan fingerprint density at radius 1 is 1.07 bits per heavy atom. The molecule has 1 fully saturated rings. The van der Waals surface area contributed by atoms with Gasteiger partial charge in [0, 0.05) is 30.8 Å². The number of hydrogen-bond acceptors (Lipinski definition) is 5. The Morgan fingerprint density at radius 3 is 2.36 bits per heavy atom. The Balaban J connectivity index is 1.91. The maximum absolute atomic E-state index is 12.9. The van der Waals surface area contributed by atoms with Gasteiger partial charge in [0.2, 0.25) is 10.0 Å². The minimum absolute atomic E-state index is 0.109. The molecule has 0 bridgehead atoms. The molecule has 2 aromatic rings. The van der Waals surface area contributed by atoms with Crippen molar-refractivity contribution < 1.29 is 18.1 Å². The zero-order chi connectivity index (χ0) is 20.5. The largest absolute Gasteiger partial charge is 0.321 e. The first-order chi connectivity index (χ1) is 13.2. The maximum atomic E-state index is 12.9. The summed E-state index contributed by atoms with van der Waals surface area (Å²) in [6.07, 6.45) is 1.65. The number of benzene rings is 2. The number of non-ortho nitro benzene ring substituents is 1. The van der Waals surface area contributed by atoms with E-state index in [-0.39, 0.29) is 16.1 Å². The van der Waals surface area contributed by atoms with E-state index in [2.05, 4.69) is 5.32 Å². The third-order valence-electron chi connectivity index (χ3n) is 4.81. The van der Waals surface area contributed by atoms with Crippen molar-refractivity contribution in [2.24, 2.45) is 0 Å². The summed E-state index contributed by atoms with van der Waals surface area (Å²) in [5.41, 5.74) is 1.58. The number of aryl methyl sites for hydroxylation is 2. The average Bonchev–Trinajstić information content (AvgIpc) is 3.19. The molecule has 0 atom stereocenters. The van der Waals surface area contributed by atoms with Crippen LogP contribution in [0.25, 0.3) is 0 Å². The molecule has 1 amide bonds. The number of sulfonamides is 1. The molecule has 8 nitrogen and oxygen atoms in total. The van der Waals surface area contributed by atoms with E-state index in [1.54, 1.807) is 32.0 Å². The topological polar surface area (TPSA) is 110 Å². The lowest BCUT2D eigenvalue weighted by molar-refractivity contribution is -0.384. The molecular formula is C19H21N3O5S. The first-order valence-corrected chi connectivity index (χ1v) is 10.3. The SMILES string of the molecule is Cc1ccc([N+](=O)[O-])cc1NC(=O)c1ccc(C)c(S(=O)(=O)N2CCCC2)c1. The number of amides is 1. The van der Waals surface area contributed by atoms with Gasteiger partial charge in [-0.2, -0.15) is 4.31 Å². The van der Waals surface area contributed by atoms with E-state index in [0.717, 1.165) is 12.8 Å². The number of rotatable bonds is 5. The maximum Gasteiger partial charge on any atom is 0.271 e. The van der Waals surface area contributed by atoms with Gasteiger partial charge in [-0.1, -0.05) is 12.1 Å². The van der Waals surface area contributed by atoms with E-state index in [9.17, 15) is 23.3 Å². The van der Waals surface area contributed by atoms with Gasteiger partial charge >= 0.3 is 0 Å². The van der Waals surface area contributed by atoms with Gasteiger partial charge in [-0.05, 0) is 49.9 Å². The molecule has 148 valence electrons. The number of hydrogen-bond donors (Lipinski definition) is 1. The van der Waals surface area contributed by atoms with E-state index in [1.807, 2.05) is 0 Å². The summed E-state index contributed by atoms with van der Waals surface area (Å²) in [7, 11) is -3.66. The number of carbonyl (C=O) groups is 1. The predicted octanol–water partition coefficient (Wildman–Crippen LogP) is 3.25. The van der Waals surface area contributed by atoms with Crippen LogP contribution in [0.3, 0.4) is 0 Å². The van der Waals surface area contributed by atoms with Crippen LogP contribution >= 0.6 is 0 Å². The van der Waals surface area contributed by atoms with Gasteiger partial charge in [0.25, 0.3) is 11.6 Å². The first kappa shape index (κ1) is 20.0. The van der Waals surface area contributed by atoms with Crippen LogP contribution in [0, 0.1) is 24.0 Å². The van der Waals surface area contributed by atoms with Gasteiger partial charge < -0.3 is 5.32 Å². The molecule has 0 saturated carbocycles. The summed E-state index contributed by atoms with van der Waals surface area (Å²) in [6, 6.07) is 8.69. The summed E-state index contributed by atoms with van der Waals surface area (Å²) in [5, 5.41) is 13.6. The minimum Gasteiger partial charge on any atom is -0.321 e. The molecule has 1 aliphatic heterocycles. The highest BCUT2D eigenvalue weighted by Gasteiger charge is 2.29. The van der Waals surface area contributed by atoms with Crippen molar-refractivity contribution in [3.05, 3.63) is 63.2 Å². The van der Waals surface area contributed by atoms with Crippen molar-refractivity contribution in [3.63, 3.8) is 0 Å². The third kappa shape index (κ3) is 3.90. The van der Waals surface area contributed by atoms with Gasteiger partial charge in [0.1, 0.15) is 0 Å². The van der Waals surface area contributed by atoms with Crippen molar-refractivity contribution in [3.8, 4) is 0 Å². The molecule has 1 heterocycles. The number of carbonyl (C=O) groups excluding carboxylic acids is 1. The summed E-state index contributed by atoms with van der Waals surface area (Å²) in [4.78, 5) is 23.2. The fraction of sp³-hybridized carbons (Fsp3) is 0.316. The van der Waals surface area contributed by atoms with E-state index in [4.69, 9.17) is 0 Å². The number of nitrogens with one attached hydrogen (secondary N) is 1. The molecule has 1 N–H and O–H groups in total. The van der Waals surface area contributed by atoms with E-state index >= 15 is 0 Å². The van der Waals surface area contributed by atoms with Crippen LogP contribution in [0.1, 0.15) is 34.3 Å². The fourth-order valence-electron chi connectivity index (χ4n) is 3.14. The molecule has 0 aromatic heterocycles. The summed E-state index contributed by atoms with van der Waals surface area (Å²) >= 11 is 0. The molecule has 0 aliphatic carbocycles. The lowest BCUT2D eigenvalue weighted by atomic mass is 10.1. The molecule has 0 radical (unpaired) electrons. The van der Waals surface area contributed by atoms with Crippen molar-refractivity contribution in [1.29, 1.82) is 0 Å².